The van der Waals surface area contributed by atoms with Gasteiger partial charge < -0.3 is 9.47 Å². The third kappa shape index (κ3) is 2.91. The van der Waals surface area contributed by atoms with E-state index in [0.29, 0.717) is 6.61 Å². The SMILES string of the molecule is COCC(NN)C1(OC)CCC(C)CC1. The van der Waals surface area contributed by atoms with Crippen molar-refractivity contribution in [1.82, 2.24) is 5.43 Å². The molecule has 0 bridgehead atoms. The molecule has 0 aromatic heterocycles. The van der Waals surface area contributed by atoms with Crippen molar-refractivity contribution in [3.8, 4) is 0 Å². The molecule has 0 radical (unpaired) electrons. The van der Waals surface area contributed by atoms with Crippen LogP contribution in [0.15, 0.2) is 0 Å². The zero-order valence-corrected chi connectivity index (χ0v) is 10.1. The number of hydrazine groups is 1. The van der Waals surface area contributed by atoms with Crippen molar-refractivity contribution < 1.29 is 9.47 Å². The summed E-state index contributed by atoms with van der Waals surface area (Å²) < 4.78 is 10.9. The van der Waals surface area contributed by atoms with Crippen molar-refractivity contribution in [3.05, 3.63) is 0 Å². The molecule has 1 unspecified atom stereocenters. The molecule has 90 valence electrons. The van der Waals surface area contributed by atoms with Gasteiger partial charge in [-0.2, -0.15) is 0 Å². The molecule has 4 nitrogen and oxygen atoms in total. The summed E-state index contributed by atoms with van der Waals surface area (Å²) in [6.45, 7) is 2.89. The fourth-order valence-corrected chi connectivity index (χ4v) is 2.46. The van der Waals surface area contributed by atoms with Gasteiger partial charge in [0.2, 0.25) is 0 Å². The van der Waals surface area contributed by atoms with Gasteiger partial charge in [-0.15, -0.1) is 0 Å². The smallest absolute Gasteiger partial charge is 0.0867 e. The third-order valence-corrected chi connectivity index (χ3v) is 3.70. The Hall–Kier alpha value is -0.160. The van der Waals surface area contributed by atoms with E-state index >= 15 is 0 Å². The first-order chi connectivity index (χ1) is 7.18. The standard InChI is InChI=1S/C11H24N2O2/c1-9-4-6-11(15-3,7-5-9)10(13-12)8-14-2/h9-10,13H,4-8,12H2,1-3H3. The van der Waals surface area contributed by atoms with Crippen LogP contribution in [0.2, 0.25) is 0 Å². The lowest BCUT2D eigenvalue weighted by Gasteiger charge is -2.43. The zero-order chi connectivity index (χ0) is 11.3. The van der Waals surface area contributed by atoms with Crippen molar-refractivity contribution in [1.29, 1.82) is 0 Å². The highest BCUT2D eigenvalue weighted by Crippen LogP contribution is 2.36. The van der Waals surface area contributed by atoms with Crippen molar-refractivity contribution in [2.75, 3.05) is 20.8 Å². The molecule has 1 aliphatic carbocycles. The van der Waals surface area contributed by atoms with Crippen LogP contribution in [0.3, 0.4) is 0 Å². The predicted molar refractivity (Wildman–Crippen MR) is 60.4 cm³/mol. The number of nitrogens with one attached hydrogen (secondary N) is 1. The average molecular weight is 216 g/mol. The number of hydrogen-bond acceptors (Lipinski definition) is 4. The summed E-state index contributed by atoms with van der Waals surface area (Å²) in [7, 11) is 3.47. The fourth-order valence-electron chi connectivity index (χ4n) is 2.46. The summed E-state index contributed by atoms with van der Waals surface area (Å²) in [6, 6.07) is 0.0833. The fraction of sp³-hybridized carbons (Fsp3) is 1.00. The second-order valence-corrected chi connectivity index (χ2v) is 4.63. The second-order valence-electron chi connectivity index (χ2n) is 4.63. The van der Waals surface area contributed by atoms with Crippen molar-refractivity contribution >= 4 is 0 Å². The minimum atomic E-state index is -0.142. The van der Waals surface area contributed by atoms with Crippen LogP contribution >= 0.6 is 0 Å². The molecule has 0 spiro atoms. The molecule has 1 aliphatic rings. The van der Waals surface area contributed by atoms with E-state index in [1.165, 1.54) is 12.8 Å². The quantitative estimate of drug-likeness (QED) is 0.533. The Morgan fingerprint density at radius 2 is 2.00 bits per heavy atom. The Labute approximate surface area is 92.5 Å². The van der Waals surface area contributed by atoms with Gasteiger partial charge in [0.15, 0.2) is 0 Å². The monoisotopic (exact) mass is 216 g/mol. The zero-order valence-electron chi connectivity index (χ0n) is 10.1. The van der Waals surface area contributed by atoms with E-state index < -0.39 is 0 Å². The lowest BCUT2D eigenvalue weighted by atomic mass is 9.75. The normalized spacial score (nSPS) is 34.0. The number of hydrogen-bond donors (Lipinski definition) is 2. The second kappa shape index (κ2) is 5.80. The summed E-state index contributed by atoms with van der Waals surface area (Å²) in [5.41, 5.74) is 2.69. The van der Waals surface area contributed by atoms with Gasteiger partial charge in [0.25, 0.3) is 0 Å². The summed E-state index contributed by atoms with van der Waals surface area (Å²) in [6.07, 6.45) is 4.53. The largest absolute Gasteiger partial charge is 0.383 e. The maximum absolute atomic E-state index is 5.71. The van der Waals surface area contributed by atoms with Gasteiger partial charge in [-0.05, 0) is 31.6 Å². The Balaban J connectivity index is 2.65. The highest BCUT2D eigenvalue weighted by Gasteiger charge is 2.41. The van der Waals surface area contributed by atoms with E-state index in [9.17, 15) is 0 Å². The first-order valence-corrected chi connectivity index (χ1v) is 5.68. The van der Waals surface area contributed by atoms with Gasteiger partial charge in [0.05, 0.1) is 18.2 Å². The molecule has 1 saturated carbocycles. The molecule has 1 atom stereocenters. The van der Waals surface area contributed by atoms with Crippen LogP contribution in [-0.2, 0) is 9.47 Å². The van der Waals surface area contributed by atoms with E-state index in [1.54, 1.807) is 14.2 Å². The van der Waals surface area contributed by atoms with Crippen LogP contribution in [-0.4, -0.2) is 32.5 Å². The lowest BCUT2D eigenvalue weighted by Crippen LogP contribution is -2.58. The molecule has 0 aromatic rings. The van der Waals surface area contributed by atoms with E-state index in [-0.39, 0.29) is 11.6 Å². The highest BCUT2D eigenvalue weighted by molar-refractivity contribution is 4.95. The van der Waals surface area contributed by atoms with Crippen LogP contribution in [0, 0.1) is 5.92 Å². The summed E-state index contributed by atoms with van der Waals surface area (Å²) >= 11 is 0. The molecular weight excluding hydrogens is 192 g/mol. The summed E-state index contributed by atoms with van der Waals surface area (Å²) in [5.74, 6) is 6.38. The first-order valence-electron chi connectivity index (χ1n) is 5.68. The number of methoxy groups -OCH3 is 2. The minimum Gasteiger partial charge on any atom is -0.383 e. The lowest BCUT2D eigenvalue weighted by molar-refractivity contribution is -0.0888. The molecule has 1 fully saturated rings. The molecule has 0 aromatic carbocycles. The molecule has 0 aliphatic heterocycles. The van der Waals surface area contributed by atoms with Gasteiger partial charge in [-0.25, -0.2) is 0 Å². The highest BCUT2D eigenvalue weighted by atomic mass is 16.5. The van der Waals surface area contributed by atoms with E-state index in [0.717, 1.165) is 18.8 Å². The van der Waals surface area contributed by atoms with Crippen molar-refractivity contribution in [3.63, 3.8) is 0 Å². The predicted octanol–water partition coefficient (Wildman–Crippen LogP) is 1.06. The molecule has 0 amide bonds. The summed E-state index contributed by atoms with van der Waals surface area (Å²) in [4.78, 5) is 0. The maximum atomic E-state index is 5.71. The van der Waals surface area contributed by atoms with E-state index in [1.807, 2.05) is 0 Å². The average Bonchev–Trinajstić information content (AvgIpc) is 2.28. The van der Waals surface area contributed by atoms with Crippen molar-refractivity contribution in [2.24, 2.45) is 11.8 Å². The van der Waals surface area contributed by atoms with Gasteiger partial charge in [-0.1, -0.05) is 6.92 Å². The van der Waals surface area contributed by atoms with E-state index in [4.69, 9.17) is 15.3 Å². The van der Waals surface area contributed by atoms with Gasteiger partial charge >= 0.3 is 0 Å². The molecule has 15 heavy (non-hydrogen) atoms. The minimum absolute atomic E-state index is 0.0833. The molecule has 3 N–H and O–H groups in total. The van der Waals surface area contributed by atoms with Gasteiger partial charge in [0.1, 0.15) is 0 Å². The Morgan fingerprint density at radius 1 is 1.40 bits per heavy atom. The van der Waals surface area contributed by atoms with Crippen LogP contribution < -0.4 is 11.3 Å². The van der Waals surface area contributed by atoms with Crippen molar-refractivity contribution in [2.45, 2.75) is 44.2 Å². The van der Waals surface area contributed by atoms with Crippen LogP contribution in [0.5, 0.6) is 0 Å². The van der Waals surface area contributed by atoms with Crippen LogP contribution in [0.25, 0.3) is 0 Å². The topological polar surface area (TPSA) is 56.5 Å². The molecule has 1 rings (SSSR count). The van der Waals surface area contributed by atoms with Crippen LogP contribution in [0.1, 0.15) is 32.6 Å². The molecule has 0 heterocycles. The number of rotatable bonds is 5. The molecule has 0 saturated heterocycles. The number of nitrogens with two attached hydrogens (primary N) is 1. The van der Waals surface area contributed by atoms with E-state index in [2.05, 4.69) is 12.3 Å². The first kappa shape index (κ1) is 12.9. The Morgan fingerprint density at radius 3 is 2.40 bits per heavy atom. The number of ether oxygens (including phenoxy) is 2. The van der Waals surface area contributed by atoms with Gasteiger partial charge in [-0.3, -0.25) is 11.3 Å². The van der Waals surface area contributed by atoms with Gasteiger partial charge in [0, 0.05) is 14.2 Å². The summed E-state index contributed by atoms with van der Waals surface area (Å²) in [5, 5.41) is 0. The molecular formula is C11H24N2O2. The molecule has 4 heteroatoms. The third-order valence-electron chi connectivity index (χ3n) is 3.70. The Bertz CT molecular complexity index is 179. The van der Waals surface area contributed by atoms with Crippen LogP contribution in [0.4, 0.5) is 0 Å². The Kier molecular flexibility index (Phi) is 4.99. The maximum Gasteiger partial charge on any atom is 0.0867 e.